The van der Waals surface area contributed by atoms with Gasteiger partial charge in [-0.3, -0.25) is 4.99 Å². The molecule has 0 aromatic heterocycles. The van der Waals surface area contributed by atoms with E-state index in [1.807, 2.05) is 45.9 Å². The van der Waals surface area contributed by atoms with Crippen LogP contribution in [0.2, 0.25) is 0 Å². The summed E-state index contributed by atoms with van der Waals surface area (Å²) in [6.07, 6.45) is -3.91. The maximum atomic E-state index is 12.1. The number of nitrogens with two attached hydrogens (primary N) is 1. The van der Waals surface area contributed by atoms with E-state index in [9.17, 15) is 13.2 Å². The highest BCUT2D eigenvalue weighted by atomic mass is 32.1. The maximum Gasteiger partial charge on any atom is 0.416 e. The number of nitrogens with zero attached hydrogens (tertiary/aromatic N) is 1. The van der Waals surface area contributed by atoms with Gasteiger partial charge in [-0.25, -0.2) is 0 Å². The molecule has 234 valence electrons. The highest BCUT2D eigenvalue weighted by Crippen LogP contribution is 2.29. The van der Waals surface area contributed by atoms with E-state index in [1.165, 1.54) is 23.3 Å². The second-order valence-electron chi connectivity index (χ2n) is 9.42. The number of thiol groups is 1. The Labute approximate surface area is 262 Å². The molecule has 0 aliphatic heterocycles. The molecule has 0 aliphatic carbocycles. The third-order valence-electron chi connectivity index (χ3n) is 6.05. The molecule has 3 N–H and O–H groups in total. The lowest BCUT2D eigenvalue weighted by atomic mass is 9.96. The fourth-order valence-corrected chi connectivity index (χ4v) is 3.86. The summed E-state index contributed by atoms with van der Waals surface area (Å²) in [6.45, 7) is 26.1. The molecule has 7 heteroatoms. The van der Waals surface area contributed by atoms with E-state index >= 15 is 0 Å². The fourth-order valence-electron chi connectivity index (χ4n) is 3.64. The van der Waals surface area contributed by atoms with E-state index in [0.29, 0.717) is 23.4 Å². The summed E-state index contributed by atoms with van der Waals surface area (Å²) in [5, 5.41) is 3.32. The molecule has 0 saturated heterocycles. The third kappa shape index (κ3) is 13.5. The van der Waals surface area contributed by atoms with Crippen molar-refractivity contribution in [2.75, 3.05) is 5.75 Å². The van der Waals surface area contributed by atoms with Crippen molar-refractivity contribution < 1.29 is 13.2 Å². The molecule has 0 bridgehead atoms. The highest BCUT2D eigenvalue weighted by Gasteiger charge is 2.30. The van der Waals surface area contributed by atoms with Gasteiger partial charge in [-0.15, -0.1) is 13.2 Å². The zero-order valence-corrected chi connectivity index (χ0v) is 27.3. The van der Waals surface area contributed by atoms with Gasteiger partial charge in [-0.05, 0) is 56.0 Å². The van der Waals surface area contributed by atoms with Crippen molar-refractivity contribution >= 4 is 18.3 Å². The summed E-state index contributed by atoms with van der Waals surface area (Å²) in [4.78, 5) is 5.04. The predicted octanol–water partition coefficient (Wildman–Crippen LogP) is 9.50. The molecule has 0 amide bonds. The van der Waals surface area contributed by atoms with Crippen molar-refractivity contribution in [3.8, 4) is 0 Å². The van der Waals surface area contributed by atoms with E-state index in [2.05, 4.69) is 88.4 Å². The Bertz CT molecular complexity index is 1300. The van der Waals surface area contributed by atoms with Crippen molar-refractivity contribution in [2.24, 2.45) is 10.7 Å². The van der Waals surface area contributed by atoms with Gasteiger partial charge >= 0.3 is 6.18 Å². The smallest absolute Gasteiger partial charge is 0.363 e. The predicted molar refractivity (Wildman–Crippen MR) is 184 cm³/mol. The molecule has 3 nitrogen and oxygen atoms in total. The number of alkyl halides is 3. The second-order valence-corrected chi connectivity index (χ2v) is 9.79. The summed E-state index contributed by atoms with van der Waals surface area (Å²) < 4.78 is 36.3. The van der Waals surface area contributed by atoms with Crippen molar-refractivity contribution in [3.05, 3.63) is 144 Å². The molecule has 43 heavy (non-hydrogen) atoms. The van der Waals surface area contributed by atoms with E-state index in [4.69, 9.17) is 10.7 Å². The number of hydrogen-bond acceptors (Lipinski definition) is 4. The molecule has 3 aromatic carbocycles. The van der Waals surface area contributed by atoms with Crippen LogP contribution in [0.4, 0.5) is 13.2 Å². The molecule has 2 atom stereocenters. The van der Waals surface area contributed by atoms with Crippen LogP contribution in [-0.2, 0) is 12.6 Å². The number of nitrogens with one attached hydrogen (secondary N) is 1. The van der Waals surface area contributed by atoms with E-state index < -0.39 is 11.7 Å². The normalized spacial score (nSPS) is 12.1. The summed E-state index contributed by atoms with van der Waals surface area (Å²) in [5.41, 5.74) is 13.2. The molecule has 0 radical (unpaired) electrons. The van der Waals surface area contributed by atoms with E-state index in [0.717, 1.165) is 28.5 Å². The van der Waals surface area contributed by atoms with E-state index in [-0.39, 0.29) is 12.2 Å². The van der Waals surface area contributed by atoms with Crippen LogP contribution in [-0.4, -0.2) is 23.7 Å². The van der Waals surface area contributed by atoms with Gasteiger partial charge in [0.1, 0.15) is 6.17 Å². The molecular formula is C36H48F3N3S. The number of hydrogen-bond donors (Lipinski definition) is 3. The minimum Gasteiger partial charge on any atom is -0.363 e. The first-order valence-electron chi connectivity index (χ1n) is 14.2. The number of aliphatic imine (C=N–C) groups is 1. The first kappa shape index (κ1) is 39.5. The average Bonchev–Trinajstić information content (AvgIpc) is 3.02. The minimum atomic E-state index is -4.22. The molecule has 0 saturated carbocycles. The number of rotatable bonds is 9. The summed E-state index contributed by atoms with van der Waals surface area (Å²) in [5.74, 6) is 0.515. The van der Waals surface area contributed by atoms with Crippen LogP contribution >= 0.6 is 12.6 Å². The Morgan fingerprint density at radius 2 is 1.56 bits per heavy atom. The zero-order valence-electron chi connectivity index (χ0n) is 26.4. The largest absolute Gasteiger partial charge is 0.416 e. The second kappa shape index (κ2) is 20.4. The third-order valence-corrected chi connectivity index (χ3v) is 6.44. The van der Waals surface area contributed by atoms with Gasteiger partial charge in [-0.2, -0.15) is 25.8 Å². The van der Waals surface area contributed by atoms with Gasteiger partial charge in [0.15, 0.2) is 0 Å². The minimum absolute atomic E-state index is 0.244. The molecule has 3 aromatic rings. The van der Waals surface area contributed by atoms with Crippen LogP contribution < -0.4 is 11.1 Å². The average molecular weight is 612 g/mol. The van der Waals surface area contributed by atoms with Crippen molar-refractivity contribution in [2.45, 2.75) is 66.3 Å². The molecule has 0 aliphatic rings. The van der Waals surface area contributed by atoms with Crippen molar-refractivity contribution in [1.82, 2.24) is 5.32 Å². The van der Waals surface area contributed by atoms with E-state index in [1.54, 1.807) is 6.07 Å². The lowest BCUT2D eigenvalue weighted by Gasteiger charge is -2.23. The molecule has 3 rings (SSSR count). The van der Waals surface area contributed by atoms with Gasteiger partial charge in [0.2, 0.25) is 0 Å². The monoisotopic (exact) mass is 611 g/mol. The number of halogens is 3. The number of aryl methyl sites for hydroxylation is 3. The van der Waals surface area contributed by atoms with Gasteiger partial charge in [0.05, 0.1) is 17.3 Å². The molecular weight excluding hydrogens is 563 g/mol. The summed E-state index contributed by atoms with van der Waals surface area (Å²) in [7, 11) is 0. The van der Waals surface area contributed by atoms with Crippen LogP contribution in [0.15, 0.2) is 115 Å². The Balaban J connectivity index is 0.000000918. The Kier molecular flexibility index (Phi) is 18.7. The van der Waals surface area contributed by atoms with Gasteiger partial charge in [0, 0.05) is 22.6 Å². The Morgan fingerprint density at radius 1 is 0.953 bits per heavy atom. The van der Waals surface area contributed by atoms with Crippen molar-refractivity contribution in [3.63, 3.8) is 0 Å². The molecule has 0 heterocycles. The highest BCUT2D eigenvalue weighted by molar-refractivity contribution is 7.80. The zero-order chi connectivity index (χ0) is 33.2. The van der Waals surface area contributed by atoms with Crippen LogP contribution in [0.1, 0.15) is 61.1 Å². The quantitative estimate of drug-likeness (QED) is 0.128. The molecule has 0 spiro atoms. The molecule has 0 fully saturated rings. The van der Waals surface area contributed by atoms with Gasteiger partial charge in [0.25, 0.3) is 0 Å². The Hall–Kier alpha value is -3.55. The lowest BCUT2D eigenvalue weighted by Crippen LogP contribution is -2.38. The standard InChI is InChI=1S/C23H29N3S.C9H9F3.C2H6.C2H4/c1-15(2)23(25-18(5)21(24)14-27)26-22(19-9-7-6-8-10-19)20-13-16(3)11-12-17(20)4;1-2-7-4-3-5-8(6-7)9(10,11)12;2*1-2/h6-13,21,23,25,27H,1,5,14,24H2,2-4H3;3-6H,2H2,1H3;1-2H3;1-2H2/b26-22-;;;. The maximum absolute atomic E-state index is 12.1. The van der Waals surface area contributed by atoms with Crippen LogP contribution in [0, 0.1) is 13.8 Å². The topological polar surface area (TPSA) is 50.4 Å². The fraction of sp³-hybridized carbons (Fsp3) is 0.306. The lowest BCUT2D eigenvalue weighted by molar-refractivity contribution is -0.137. The SMILES string of the molecule is C=C.C=C(NC(/N=C(/c1ccccc1)c1cc(C)ccc1C)C(=C)C)C(N)CS.CC.CCc1cccc(C(F)(F)F)c1. The first-order chi connectivity index (χ1) is 20.4. The summed E-state index contributed by atoms with van der Waals surface area (Å²) in [6, 6.07) is 21.8. The number of benzene rings is 3. The summed E-state index contributed by atoms with van der Waals surface area (Å²) >= 11 is 4.25. The van der Waals surface area contributed by atoms with Crippen molar-refractivity contribution in [1.29, 1.82) is 0 Å². The van der Waals surface area contributed by atoms with Crippen LogP contribution in [0.3, 0.4) is 0 Å². The molecule has 2 unspecified atom stereocenters. The van der Waals surface area contributed by atoms with Crippen LogP contribution in [0.25, 0.3) is 0 Å². The Morgan fingerprint density at radius 3 is 2.07 bits per heavy atom. The van der Waals surface area contributed by atoms with Gasteiger partial charge in [-0.1, -0.05) is 100 Å². The first-order valence-corrected chi connectivity index (χ1v) is 14.8. The van der Waals surface area contributed by atoms with Gasteiger partial charge < -0.3 is 11.1 Å². The van der Waals surface area contributed by atoms with Crippen LogP contribution in [0.5, 0.6) is 0 Å².